The van der Waals surface area contributed by atoms with Crippen LogP contribution < -0.4 is 5.73 Å². The van der Waals surface area contributed by atoms with Crippen molar-refractivity contribution >= 4 is 23.1 Å². The third kappa shape index (κ3) is 2.37. The Kier molecular flexibility index (Phi) is 4.19. The van der Waals surface area contributed by atoms with Crippen molar-refractivity contribution in [3.8, 4) is 0 Å². The van der Waals surface area contributed by atoms with Crippen LogP contribution in [-0.2, 0) is 4.79 Å². The van der Waals surface area contributed by atoms with Crippen molar-refractivity contribution in [3.63, 3.8) is 0 Å². The summed E-state index contributed by atoms with van der Waals surface area (Å²) in [7, 11) is 0. The first-order valence-electron chi connectivity index (χ1n) is 6.53. The number of amides is 1. The second-order valence-corrected chi connectivity index (χ2v) is 5.60. The van der Waals surface area contributed by atoms with Gasteiger partial charge in [0.25, 0.3) is 0 Å². The maximum Gasteiger partial charge on any atom is 0.235 e. The quantitative estimate of drug-likeness (QED) is 0.680. The first-order chi connectivity index (χ1) is 8.60. The van der Waals surface area contributed by atoms with Gasteiger partial charge in [-0.15, -0.1) is 0 Å². The lowest BCUT2D eigenvalue weighted by atomic mass is 9.67. The van der Waals surface area contributed by atoms with Crippen molar-refractivity contribution in [2.75, 3.05) is 39.3 Å². The molecule has 0 aromatic carbocycles. The normalized spacial score (nSPS) is 23.5. The molecular formula is C12H21N3O2S. The molecule has 5 nitrogen and oxygen atoms in total. The molecule has 2 aliphatic rings. The molecule has 3 N–H and O–H groups in total. The number of rotatable bonds is 4. The Morgan fingerprint density at radius 2 is 1.89 bits per heavy atom. The van der Waals surface area contributed by atoms with Crippen LogP contribution in [0.15, 0.2) is 0 Å². The summed E-state index contributed by atoms with van der Waals surface area (Å²) < 4.78 is 0. The molecule has 0 aromatic rings. The van der Waals surface area contributed by atoms with Crippen LogP contribution in [-0.4, -0.2) is 65.1 Å². The van der Waals surface area contributed by atoms with Gasteiger partial charge in [0.1, 0.15) is 0 Å². The molecule has 0 radical (unpaired) electrons. The maximum absolute atomic E-state index is 12.5. The molecule has 0 spiro atoms. The second-order valence-electron chi connectivity index (χ2n) is 5.16. The van der Waals surface area contributed by atoms with Gasteiger partial charge in [-0.25, -0.2) is 0 Å². The number of aliphatic hydroxyl groups excluding tert-OH is 1. The molecule has 18 heavy (non-hydrogen) atoms. The number of carbonyl (C=O) groups is 1. The summed E-state index contributed by atoms with van der Waals surface area (Å²) in [6.45, 7) is 3.92. The molecule has 102 valence electrons. The van der Waals surface area contributed by atoms with Gasteiger partial charge < -0.3 is 15.7 Å². The molecule has 0 unspecified atom stereocenters. The molecule has 0 bridgehead atoms. The van der Waals surface area contributed by atoms with Crippen molar-refractivity contribution in [1.82, 2.24) is 9.80 Å². The van der Waals surface area contributed by atoms with E-state index in [9.17, 15) is 4.79 Å². The Morgan fingerprint density at radius 1 is 1.28 bits per heavy atom. The number of thiocarbonyl (C=S) groups is 1. The lowest BCUT2D eigenvalue weighted by molar-refractivity contribution is -0.143. The van der Waals surface area contributed by atoms with E-state index in [-0.39, 0.29) is 12.5 Å². The van der Waals surface area contributed by atoms with E-state index in [0.717, 1.165) is 32.4 Å². The Bertz CT molecular complexity index is 336. The van der Waals surface area contributed by atoms with E-state index in [1.54, 1.807) is 0 Å². The molecule has 0 aromatic heterocycles. The van der Waals surface area contributed by atoms with Crippen LogP contribution in [0.2, 0.25) is 0 Å². The molecule has 6 heteroatoms. The molecule has 1 saturated heterocycles. The minimum atomic E-state index is -0.547. The first-order valence-corrected chi connectivity index (χ1v) is 6.93. The average molecular weight is 271 g/mol. The first kappa shape index (κ1) is 13.7. The highest BCUT2D eigenvalue weighted by Crippen LogP contribution is 2.43. The van der Waals surface area contributed by atoms with E-state index in [1.807, 2.05) is 4.90 Å². The zero-order valence-corrected chi connectivity index (χ0v) is 11.4. The Hall–Kier alpha value is -0.720. The fourth-order valence-electron chi connectivity index (χ4n) is 2.71. The van der Waals surface area contributed by atoms with Crippen LogP contribution in [0.3, 0.4) is 0 Å². The van der Waals surface area contributed by atoms with E-state index in [0.29, 0.717) is 24.6 Å². The van der Waals surface area contributed by atoms with Gasteiger partial charge in [0, 0.05) is 32.7 Å². The topological polar surface area (TPSA) is 69.8 Å². The van der Waals surface area contributed by atoms with E-state index in [2.05, 4.69) is 4.90 Å². The number of β-amino-alcohol motifs (C(OH)–C–C–N with tert-alkyl or cyclic N) is 1. The number of piperazine rings is 1. The zero-order valence-electron chi connectivity index (χ0n) is 10.6. The smallest absolute Gasteiger partial charge is 0.235 e. The van der Waals surface area contributed by atoms with Crippen LogP contribution in [0, 0.1) is 5.41 Å². The summed E-state index contributed by atoms with van der Waals surface area (Å²) in [5.74, 6) is 0.116. The Morgan fingerprint density at radius 3 is 2.28 bits per heavy atom. The van der Waals surface area contributed by atoms with Gasteiger partial charge >= 0.3 is 0 Å². The molecule has 1 saturated carbocycles. The predicted molar refractivity (Wildman–Crippen MR) is 73.2 cm³/mol. The van der Waals surface area contributed by atoms with Gasteiger partial charge in [0.05, 0.1) is 17.0 Å². The number of nitrogens with two attached hydrogens (primary N) is 1. The SMILES string of the molecule is NC(=S)C1(C(=O)N2CCN(CCO)CC2)CCC1. The van der Waals surface area contributed by atoms with Gasteiger partial charge in [0.2, 0.25) is 5.91 Å². The van der Waals surface area contributed by atoms with E-state index >= 15 is 0 Å². The van der Waals surface area contributed by atoms with Crippen LogP contribution in [0.5, 0.6) is 0 Å². The number of hydrogen-bond donors (Lipinski definition) is 2. The van der Waals surface area contributed by atoms with E-state index < -0.39 is 5.41 Å². The number of nitrogens with zero attached hydrogens (tertiary/aromatic N) is 2. The van der Waals surface area contributed by atoms with Gasteiger partial charge in [-0.1, -0.05) is 18.6 Å². The summed E-state index contributed by atoms with van der Waals surface area (Å²) in [6.07, 6.45) is 2.64. The fourth-order valence-corrected chi connectivity index (χ4v) is 3.01. The standard InChI is InChI=1S/C12H21N3O2S/c13-10(18)12(2-1-3-12)11(17)15-6-4-14(5-7-15)8-9-16/h16H,1-9H2,(H2,13,18). The van der Waals surface area contributed by atoms with Crippen LogP contribution >= 0.6 is 12.2 Å². The van der Waals surface area contributed by atoms with E-state index in [1.165, 1.54) is 0 Å². The summed E-state index contributed by atoms with van der Waals surface area (Å²) in [6, 6.07) is 0. The van der Waals surface area contributed by atoms with Crippen molar-refractivity contribution in [2.24, 2.45) is 11.1 Å². The molecule has 2 fully saturated rings. The third-order valence-electron chi connectivity index (χ3n) is 4.16. The summed E-state index contributed by atoms with van der Waals surface area (Å²) in [4.78, 5) is 16.9. The molecule has 1 aliphatic carbocycles. The minimum Gasteiger partial charge on any atom is -0.395 e. The average Bonchev–Trinajstić information content (AvgIpc) is 2.28. The maximum atomic E-state index is 12.5. The molecule has 1 aliphatic heterocycles. The van der Waals surface area contributed by atoms with Crippen molar-refractivity contribution in [2.45, 2.75) is 19.3 Å². The molecule has 1 heterocycles. The predicted octanol–water partition coefficient (Wildman–Crippen LogP) is -0.421. The molecule has 1 amide bonds. The van der Waals surface area contributed by atoms with Gasteiger partial charge in [-0.05, 0) is 12.8 Å². The summed E-state index contributed by atoms with van der Waals surface area (Å²) in [5.41, 5.74) is 5.21. The van der Waals surface area contributed by atoms with Gasteiger partial charge in [0.15, 0.2) is 0 Å². The lowest BCUT2D eigenvalue weighted by Crippen LogP contribution is -2.58. The monoisotopic (exact) mass is 271 g/mol. The van der Waals surface area contributed by atoms with Crippen LogP contribution in [0.4, 0.5) is 0 Å². The second kappa shape index (κ2) is 5.50. The van der Waals surface area contributed by atoms with Crippen LogP contribution in [0.25, 0.3) is 0 Å². The van der Waals surface area contributed by atoms with E-state index in [4.69, 9.17) is 23.1 Å². The minimum absolute atomic E-state index is 0.116. The summed E-state index contributed by atoms with van der Waals surface area (Å²) >= 11 is 5.08. The number of hydrogen-bond acceptors (Lipinski definition) is 4. The highest BCUT2D eigenvalue weighted by molar-refractivity contribution is 7.80. The molecular weight excluding hydrogens is 250 g/mol. The number of carbonyl (C=O) groups excluding carboxylic acids is 1. The Balaban J connectivity index is 1.93. The third-order valence-corrected chi connectivity index (χ3v) is 4.55. The summed E-state index contributed by atoms with van der Waals surface area (Å²) in [5, 5.41) is 8.89. The highest BCUT2D eigenvalue weighted by Gasteiger charge is 2.49. The number of aliphatic hydroxyl groups is 1. The lowest BCUT2D eigenvalue weighted by Gasteiger charge is -2.45. The Labute approximate surface area is 113 Å². The van der Waals surface area contributed by atoms with Gasteiger partial charge in [-0.3, -0.25) is 9.69 Å². The molecule has 0 atom stereocenters. The zero-order chi connectivity index (χ0) is 13.2. The van der Waals surface area contributed by atoms with Gasteiger partial charge in [-0.2, -0.15) is 0 Å². The van der Waals surface area contributed by atoms with Crippen molar-refractivity contribution in [3.05, 3.63) is 0 Å². The molecule has 2 rings (SSSR count). The highest BCUT2D eigenvalue weighted by atomic mass is 32.1. The van der Waals surface area contributed by atoms with Crippen LogP contribution in [0.1, 0.15) is 19.3 Å². The van der Waals surface area contributed by atoms with Crippen molar-refractivity contribution < 1.29 is 9.90 Å². The van der Waals surface area contributed by atoms with Crippen molar-refractivity contribution in [1.29, 1.82) is 0 Å². The fraction of sp³-hybridized carbons (Fsp3) is 0.833. The largest absolute Gasteiger partial charge is 0.395 e.